The van der Waals surface area contributed by atoms with Crippen molar-refractivity contribution in [2.45, 2.75) is 19.8 Å². The van der Waals surface area contributed by atoms with E-state index in [1.54, 1.807) is 19.1 Å². The van der Waals surface area contributed by atoms with Crippen LogP contribution in [0.15, 0.2) is 22.7 Å². The molecular weight excluding hydrogens is 323 g/mol. The third-order valence-corrected chi connectivity index (χ3v) is 3.15. The Bertz CT molecular complexity index is 648. The number of hydrogen-bond donors (Lipinski definition) is 2. The van der Waals surface area contributed by atoms with E-state index in [-0.39, 0.29) is 30.6 Å². The molecule has 2 aromatic rings. The molecule has 0 aliphatic rings. The van der Waals surface area contributed by atoms with Crippen LogP contribution in [0.1, 0.15) is 17.9 Å². The summed E-state index contributed by atoms with van der Waals surface area (Å²) in [6, 6.07) is 4.63. The van der Waals surface area contributed by atoms with E-state index in [9.17, 15) is 9.18 Å². The van der Waals surface area contributed by atoms with Gasteiger partial charge in [-0.15, -0.1) is 12.4 Å². The number of nitrogens with zero attached hydrogens (tertiary/aromatic N) is 2. The molecule has 2 N–H and O–H groups in total. The summed E-state index contributed by atoms with van der Waals surface area (Å²) in [6.45, 7) is 2.98. The average Bonchev–Trinajstić information content (AvgIpc) is 2.97. The number of aromatic nitrogens is 2. The number of aryl methyl sites for hydroxylation is 2. The fourth-order valence-corrected chi connectivity index (χ4v) is 1.89. The van der Waals surface area contributed by atoms with Gasteiger partial charge >= 0.3 is 0 Å². The number of rotatable bonds is 7. The Morgan fingerprint density at radius 1 is 1.35 bits per heavy atom. The first-order valence-corrected chi connectivity index (χ1v) is 7.10. The van der Waals surface area contributed by atoms with Crippen LogP contribution >= 0.6 is 12.4 Å². The topological polar surface area (TPSA) is 80.0 Å². The van der Waals surface area contributed by atoms with Crippen molar-refractivity contribution >= 4 is 18.3 Å². The van der Waals surface area contributed by atoms with E-state index >= 15 is 0 Å². The van der Waals surface area contributed by atoms with Crippen molar-refractivity contribution in [3.05, 3.63) is 35.5 Å². The number of hydrogen-bond acceptors (Lipinski definition) is 5. The van der Waals surface area contributed by atoms with E-state index in [4.69, 9.17) is 4.52 Å². The summed E-state index contributed by atoms with van der Waals surface area (Å²) in [7, 11) is 1.82. The van der Waals surface area contributed by atoms with Crippen molar-refractivity contribution in [1.29, 1.82) is 0 Å². The van der Waals surface area contributed by atoms with Crippen molar-refractivity contribution < 1.29 is 13.7 Å². The summed E-state index contributed by atoms with van der Waals surface area (Å²) in [5.41, 5.74) is 1.21. The van der Waals surface area contributed by atoms with Crippen molar-refractivity contribution in [3.63, 3.8) is 0 Å². The van der Waals surface area contributed by atoms with Gasteiger partial charge in [0.15, 0.2) is 0 Å². The standard InChI is InChI=1S/C15H19FN4O2.ClH/c1-10-9-11(3-4-12(10)16)15-19-14(22-20-15)6-5-13(21)18-8-7-17-2;/h3-4,9,17H,5-8H2,1-2H3,(H,18,21);1H. The highest BCUT2D eigenvalue weighted by Crippen LogP contribution is 2.19. The zero-order chi connectivity index (χ0) is 15.9. The number of nitrogens with one attached hydrogen (secondary N) is 2. The van der Waals surface area contributed by atoms with E-state index in [0.29, 0.717) is 35.8 Å². The molecule has 126 valence electrons. The largest absolute Gasteiger partial charge is 0.355 e. The number of likely N-dealkylation sites (N-methyl/N-ethyl adjacent to an activating group) is 1. The van der Waals surface area contributed by atoms with Gasteiger partial charge in [-0.2, -0.15) is 4.98 Å². The van der Waals surface area contributed by atoms with Crippen LogP contribution in [0.25, 0.3) is 11.4 Å². The van der Waals surface area contributed by atoms with Crippen molar-refractivity contribution in [3.8, 4) is 11.4 Å². The second kappa shape index (κ2) is 9.22. The second-order valence-electron chi connectivity index (χ2n) is 4.93. The van der Waals surface area contributed by atoms with Gasteiger partial charge in [0.1, 0.15) is 5.82 Å². The highest BCUT2D eigenvalue weighted by Gasteiger charge is 2.11. The van der Waals surface area contributed by atoms with Crippen molar-refractivity contribution in [2.24, 2.45) is 0 Å². The van der Waals surface area contributed by atoms with Gasteiger partial charge in [-0.1, -0.05) is 5.16 Å². The molecule has 1 aromatic carbocycles. The molecule has 0 saturated carbocycles. The van der Waals surface area contributed by atoms with E-state index in [0.717, 1.165) is 6.54 Å². The normalized spacial score (nSPS) is 10.2. The third-order valence-electron chi connectivity index (χ3n) is 3.15. The second-order valence-corrected chi connectivity index (χ2v) is 4.93. The van der Waals surface area contributed by atoms with Gasteiger partial charge < -0.3 is 15.2 Å². The zero-order valence-corrected chi connectivity index (χ0v) is 13.9. The summed E-state index contributed by atoms with van der Waals surface area (Å²) < 4.78 is 18.4. The predicted molar refractivity (Wildman–Crippen MR) is 86.9 cm³/mol. The van der Waals surface area contributed by atoms with Gasteiger partial charge in [-0.3, -0.25) is 4.79 Å². The maximum absolute atomic E-state index is 13.2. The lowest BCUT2D eigenvalue weighted by Gasteiger charge is -2.02. The molecule has 0 aliphatic carbocycles. The van der Waals surface area contributed by atoms with Gasteiger partial charge in [0.05, 0.1) is 0 Å². The minimum absolute atomic E-state index is 0. The van der Waals surface area contributed by atoms with Crippen LogP contribution in [0.2, 0.25) is 0 Å². The minimum Gasteiger partial charge on any atom is -0.355 e. The number of benzene rings is 1. The molecular formula is C15H20ClFN4O2. The predicted octanol–water partition coefficient (Wildman–Crippen LogP) is 1.87. The first-order valence-electron chi connectivity index (χ1n) is 7.10. The highest BCUT2D eigenvalue weighted by atomic mass is 35.5. The van der Waals surface area contributed by atoms with E-state index in [2.05, 4.69) is 20.8 Å². The molecule has 0 radical (unpaired) electrons. The first-order chi connectivity index (χ1) is 10.6. The maximum Gasteiger partial charge on any atom is 0.227 e. The maximum atomic E-state index is 13.2. The van der Waals surface area contributed by atoms with Crippen LogP contribution in [0.3, 0.4) is 0 Å². The number of halogens is 2. The summed E-state index contributed by atoms with van der Waals surface area (Å²) in [5.74, 6) is 0.452. The first kappa shape index (κ1) is 19.1. The molecule has 0 saturated heterocycles. The molecule has 0 bridgehead atoms. The molecule has 8 heteroatoms. The lowest BCUT2D eigenvalue weighted by molar-refractivity contribution is -0.121. The molecule has 0 atom stereocenters. The number of carbonyl (C=O) groups is 1. The average molecular weight is 343 g/mol. The quantitative estimate of drug-likeness (QED) is 0.751. The van der Waals surface area contributed by atoms with Crippen LogP contribution in [-0.2, 0) is 11.2 Å². The fraction of sp³-hybridized carbons (Fsp3) is 0.400. The van der Waals surface area contributed by atoms with Gasteiger partial charge in [-0.05, 0) is 37.7 Å². The SMILES string of the molecule is CNCCNC(=O)CCc1nc(-c2ccc(F)c(C)c2)no1.Cl. The summed E-state index contributed by atoms with van der Waals surface area (Å²) >= 11 is 0. The number of carbonyl (C=O) groups excluding carboxylic acids is 1. The molecule has 1 heterocycles. The van der Waals surface area contributed by atoms with Crippen LogP contribution in [-0.4, -0.2) is 36.2 Å². The molecule has 2 rings (SSSR count). The van der Waals surface area contributed by atoms with E-state index in [1.807, 2.05) is 7.05 Å². The monoisotopic (exact) mass is 342 g/mol. The van der Waals surface area contributed by atoms with Crippen LogP contribution in [0, 0.1) is 12.7 Å². The lowest BCUT2D eigenvalue weighted by Crippen LogP contribution is -2.30. The molecule has 0 aliphatic heterocycles. The summed E-state index contributed by atoms with van der Waals surface area (Å²) in [4.78, 5) is 15.8. The Balaban J connectivity index is 0.00000264. The Morgan fingerprint density at radius 2 is 2.13 bits per heavy atom. The summed E-state index contributed by atoms with van der Waals surface area (Å²) in [6.07, 6.45) is 0.659. The Labute approximate surface area is 140 Å². The Kier molecular flexibility index (Phi) is 7.64. The minimum atomic E-state index is -0.272. The van der Waals surface area contributed by atoms with E-state index < -0.39 is 0 Å². The molecule has 1 amide bonds. The van der Waals surface area contributed by atoms with Gasteiger partial charge in [-0.25, -0.2) is 4.39 Å². The zero-order valence-electron chi connectivity index (χ0n) is 13.1. The summed E-state index contributed by atoms with van der Waals surface area (Å²) in [5, 5.41) is 9.58. The van der Waals surface area contributed by atoms with Gasteiger partial charge in [0.2, 0.25) is 17.6 Å². The van der Waals surface area contributed by atoms with Crippen molar-refractivity contribution in [1.82, 2.24) is 20.8 Å². The molecule has 0 fully saturated rings. The van der Waals surface area contributed by atoms with Gasteiger partial charge in [0.25, 0.3) is 0 Å². The molecule has 23 heavy (non-hydrogen) atoms. The van der Waals surface area contributed by atoms with Crippen LogP contribution in [0.5, 0.6) is 0 Å². The van der Waals surface area contributed by atoms with Gasteiger partial charge in [0, 0.05) is 31.5 Å². The smallest absolute Gasteiger partial charge is 0.227 e. The fourth-order valence-electron chi connectivity index (χ4n) is 1.89. The third kappa shape index (κ3) is 5.61. The lowest BCUT2D eigenvalue weighted by atomic mass is 10.1. The molecule has 0 unspecified atom stereocenters. The van der Waals surface area contributed by atoms with Crippen molar-refractivity contribution in [2.75, 3.05) is 20.1 Å². The highest BCUT2D eigenvalue weighted by molar-refractivity contribution is 5.85. The molecule has 1 aromatic heterocycles. The van der Waals surface area contributed by atoms with Crippen LogP contribution in [0.4, 0.5) is 4.39 Å². The van der Waals surface area contributed by atoms with Crippen LogP contribution < -0.4 is 10.6 Å². The molecule has 6 nitrogen and oxygen atoms in total. The molecule has 0 spiro atoms. The Morgan fingerprint density at radius 3 is 2.83 bits per heavy atom. The van der Waals surface area contributed by atoms with E-state index in [1.165, 1.54) is 6.07 Å². The Hall–Kier alpha value is -1.99. The number of amides is 1.